The molecule has 2 amide bonds. The number of esters is 1. The summed E-state index contributed by atoms with van der Waals surface area (Å²) in [4.78, 5) is 37.2. The van der Waals surface area contributed by atoms with Gasteiger partial charge in [-0.05, 0) is 35.7 Å². The van der Waals surface area contributed by atoms with E-state index >= 15 is 0 Å². The molecule has 1 saturated carbocycles. The lowest BCUT2D eigenvalue weighted by molar-refractivity contribution is -0.151. The van der Waals surface area contributed by atoms with E-state index < -0.39 is 5.54 Å². The molecular weight excluding hydrogens is 368 g/mol. The Morgan fingerprint density at radius 1 is 0.966 bits per heavy atom. The van der Waals surface area contributed by atoms with Crippen molar-refractivity contribution in [3.05, 3.63) is 48.0 Å². The maximum Gasteiger partial charge on any atom is 0.331 e. The van der Waals surface area contributed by atoms with Gasteiger partial charge in [0.15, 0.2) is 0 Å². The van der Waals surface area contributed by atoms with Gasteiger partial charge >= 0.3 is 5.97 Å². The first kappa shape index (κ1) is 20.8. The van der Waals surface area contributed by atoms with E-state index in [1.807, 2.05) is 36.4 Å². The number of ether oxygens (including phenoxy) is 1. The van der Waals surface area contributed by atoms with Crippen LogP contribution < -0.4 is 10.6 Å². The van der Waals surface area contributed by atoms with Crippen molar-refractivity contribution < 1.29 is 19.1 Å². The molecule has 0 atom stereocenters. The van der Waals surface area contributed by atoms with Crippen LogP contribution in [0, 0.1) is 0 Å². The third-order valence-electron chi connectivity index (χ3n) is 5.56. The van der Waals surface area contributed by atoms with Crippen molar-refractivity contribution in [2.24, 2.45) is 0 Å². The maximum absolute atomic E-state index is 12.5. The van der Waals surface area contributed by atoms with Gasteiger partial charge in [0.25, 0.3) is 5.91 Å². The van der Waals surface area contributed by atoms with Crippen LogP contribution in [0.2, 0.25) is 0 Å². The molecule has 2 N–H and O–H groups in total. The molecule has 1 aliphatic carbocycles. The highest BCUT2D eigenvalue weighted by Crippen LogP contribution is 2.28. The van der Waals surface area contributed by atoms with Crippen LogP contribution in [0.3, 0.4) is 0 Å². The van der Waals surface area contributed by atoms with E-state index in [1.54, 1.807) is 6.07 Å². The summed E-state index contributed by atoms with van der Waals surface area (Å²) >= 11 is 0. The molecule has 0 spiro atoms. The second-order valence-electron chi connectivity index (χ2n) is 7.60. The molecule has 29 heavy (non-hydrogen) atoms. The van der Waals surface area contributed by atoms with E-state index in [4.69, 9.17) is 4.74 Å². The Kier molecular flexibility index (Phi) is 6.86. The van der Waals surface area contributed by atoms with E-state index in [0.717, 1.165) is 36.5 Å². The second kappa shape index (κ2) is 9.54. The average molecular weight is 396 g/mol. The smallest absolute Gasteiger partial charge is 0.331 e. The maximum atomic E-state index is 12.5. The average Bonchev–Trinajstić information content (AvgIpc) is 2.99. The van der Waals surface area contributed by atoms with E-state index in [9.17, 15) is 14.4 Å². The Morgan fingerprint density at radius 2 is 1.66 bits per heavy atom. The minimum absolute atomic E-state index is 0.109. The van der Waals surface area contributed by atoms with Crippen LogP contribution in [0.5, 0.6) is 0 Å². The number of nitrogens with one attached hydrogen (secondary N) is 2. The molecule has 0 radical (unpaired) electrons. The lowest BCUT2D eigenvalue weighted by Gasteiger charge is -2.30. The van der Waals surface area contributed by atoms with E-state index in [2.05, 4.69) is 10.6 Å². The van der Waals surface area contributed by atoms with Gasteiger partial charge < -0.3 is 15.4 Å². The summed E-state index contributed by atoms with van der Waals surface area (Å²) in [5.74, 6) is -0.857. The number of fused-ring (bicyclic) bond motifs is 1. The van der Waals surface area contributed by atoms with E-state index in [0.29, 0.717) is 18.4 Å². The lowest BCUT2D eigenvalue weighted by atomic mass is 9.90. The molecule has 2 aromatic carbocycles. The van der Waals surface area contributed by atoms with Crippen molar-refractivity contribution in [3.63, 3.8) is 0 Å². The van der Waals surface area contributed by atoms with Crippen molar-refractivity contribution in [3.8, 4) is 0 Å². The molecular formula is C23H28N2O4. The molecule has 6 heteroatoms. The highest BCUT2D eigenvalue weighted by molar-refractivity contribution is 5.98. The molecule has 0 heterocycles. The van der Waals surface area contributed by atoms with Gasteiger partial charge in [-0.3, -0.25) is 9.59 Å². The Bertz CT molecular complexity index is 885. The predicted octanol–water partition coefficient (Wildman–Crippen LogP) is 3.34. The molecule has 6 nitrogen and oxygen atoms in total. The molecule has 1 fully saturated rings. The van der Waals surface area contributed by atoms with Gasteiger partial charge in [0.05, 0.1) is 7.11 Å². The summed E-state index contributed by atoms with van der Waals surface area (Å²) in [6.07, 6.45) is 5.16. The third kappa shape index (κ3) is 5.13. The molecule has 2 aromatic rings. The first-order valence-electron chi connectivity index (χ1n) is 10.2. The Balaban J connectivity index is 1.55. The normalized spacial score (nSPS) is 15.9. The largest absolute Gasteiger partial charge is 0.467 e. The van der Waals surface area contributed by atoms with Crippen LogP contribution in [0.1, 0.15) is 55.3 Å². The number of benzene rings is 2. The van der Waals surface area contributed by atoms with Crippen LogP contribution >= 0.6 is 0 Å². The Hall–Kier alpha value is -2.89. The zero-order valence-electron chi connectivity index (χ0n) is 16.8. The third-order valence-corrected chi connectivity index (χ3v) is 5.56. The molecule has 1 aliphatic rings. The van der Waals surface area contributed by atoms with Crippen molar-refractivity contribution in [2.45, 2.75) is 50.5 Å². The minimum Gasteiger partial charge on any atom is -0.467 e. The molecule has 0 aliphatic heterocycles. The van der Waals surface area contributed by atoms with Crippen LogP contribution in [0.4, 0.5) is 0 Å². The van der Waals surface area contributed by atoms with Gasteiger partial charge in [0.1, 0.15) is 5.54 Å². The Morgan fingerprint density at radius 3 is 2.34 bits per heavy atom. The molecule has 3 rings (SSSR count). The topological polar surface area (TPSA) is 84.5 Å². The molecule has 0 bridgehead atoms. The summed E-state index contributed by atoms with van der Waals surface area (Å²) in [6, 6.07) is 13.3. The van der Waals surface area contributed by atoms with Gasteiger partial charge in [-0.2, -0.15) is 0 Å². The van der Waals surface area contributed by atoms with E-state index in [-0.39, 0.29) is 30.7 Å². The monoisotopic (exact) mass is 396 g/mol. The number of hydrogen-bond acceptors (Lipinski definition) is 4. The summed E-state index contributed by atoms with van der Waals surface area (Å²) in [5, 5.41) is 7.74. The first-order chi connectivity index (χ1) is 14.0. The number of methoxy groups -OCH3 is 1. The zero-order valence-corrected chi connectivity index (χ0v) is 16.8. The number of carbonyl (C=O) groups excluding carboxylic acids is 3. The highest BCUT2D eigenvalue weighted by Gasteiger charge is 2.40. The van der Waals surface area contributed by atoms with Crippen molar-refractivity contribution in [2.75, 3.05) is 13.7 Å². The van der Waals surface area contributed by atoms with Crippen LogP contribution in [0.15, 0.2) is 42.5 Å². The van der Waals surface area contributed by atoms with Gasteiger partial charge in [-0.25, -0.2) is 4.79 Å². The highest BCUT2D eigenvalue weighted by atomic mass is 16.5. The number of rotatable bonds is 6. The molecule has 0 saturated heterocycles. The lowest BCUT2D eigenvalue weighted by Crippen LogP contribution is -2.55. The fraction of sp³-hybridized carbons (Fsp3) is 0.435. The predicted molar refractivity (Wildman–Crippen MR) is 111 cm³/mol. The zero-order chi connectivity index (χ0) is 20.7. The standard InChI is InChI=1S/C23H28N2O4/c1-29-22(28)23(13-6-2-3-7-14-23)25-20(26)12-15-24-21(27)19-11-10-17-8-4-5-9-18(17)16-19/h4-5,8-11,16H,2-3,6-7,12-15H2,1H3,(H,24,27)(H,25,26). The fourth-order valence-electron chi connectivity index (χ4n) is 3.96. The molecule has 154 valence electrons. The van der Waals surface area contributed by atoms with Crippen LogP contribution in [-0.4, -0.2) is 37.0 Å². The van der Waals surface area contributed by atoms with Crippen molar-refractivity contribution in [1.29, 1.82) is 0 Å². The Labute approximate surface area is 171 Å². The quantitative estimate of drug-likeness (QED) is 0.579. The minimum atomic E-state index is -0.940. The second-order valence-corrected chi connectivity index (χ2v) is 7.60. The summed E-state index contributed by atoms with van der Waals surface area (Å²) in [5.41, 5.74) is -0.385. The number of amides is 2. The van der Waals surface area contributed by atoms with E-state index in [1.165, 1.54) is 7.11 Å². The van der Waals surface area contributed by atoms with Gasteiger partial charge in [-0.15, -0.1) is 0 Å². The number of carbonyl (C=O) groups is 3. The van der Waals surface area contributed by atoms with Gasteiger partial charge in [0.2, 0.25) is 5.91 Å². The van der Waals surface area contributed by atoms with Crippen molar-refractivity contribution in [1.82, 2.24) is 10.6 Å². The van der Waals surface area contributed by atoms with Crippen LogP contribution in [-0.2, 0) is 14.3 Å². The fourth-order valence-corrected chi connectivity index (χ4v) is 3.96. The SMILES string of the molecule is COC(=O)C1(NC(=O)CCNC(=O)c2ccc3ccccc3c2)CCCCCC1. The number of hydrogen-bond donors (Lipinski definition) is 2. The van der Waals surface area contributed by atoms with Gasteiger partial charge in [-0.1, -0.05) is 56.0 Å². The molecule has 0 unspecified atom stereocenters. The first-order valence-corrected chi connectivity index (χ1v) is 10.2. The van der Waals surface area contributed by atoms with Crippen molar-refractivity contribution >= 4 is 28.6 Å². The van der Waals surface area contributed by atoms with Gasteiger partial charge in [0, 0.05) is 18.5 Å². The summed E-state index contributed by atoms with van der Waals surface area (Å²) in [7, 11) is 1.35. The summed E-state index contributed by atoms with van der Waals surface area (Å²) in [6.45, 7) is 0.203. The summed E-state index contributed by atoms with van der Waals surface area (Å²) < 4.78 is 4.96. The molecule has 0 aromatic heterocycles. The van der Waals surface area contributed by atoms with Crippen LogP contribution in [0.25, 0.3) is 10.8 Å².